The predicted octanol–water partition coefficient (Wildman–Crippen LogP) is 4.19. The van der Waals surface area contributed by atoms with Gasteiger partial charge in [-0.15, -0.1) is 0 Å². The molecule has 3 aromatic rings. The van der Waals surface area contributed by atoms with Gasteiger partial charge >= 0.3 is 0 Å². The molecule has 0 atom stereocenters. The van der Waals surface area contributed by atoms with Gasteiger partial charge in [0.05, 0.1) is 19.3 Å². The molecule has 2 aromatic carbocycles. The van der Waals surface area contributed by atoms with Gasteiger partial charge in [-0.2, -0.15) is 0 Å². The number of nitrogens with zero attached hydrogens (tertiary/aromatic N) is 1. The lowest BCUT2D eigenvalue weighted by Crippen LogP contribution is -2.25. The first-order valence-electron chi connectivity index (χ1n) is 8.50. The molecule has 0 aliphatic carbocycles. The third-order valence-corrected chi connectivity index (χ3v) is 4.50. The van der Waals surface area contributed by atoms with E-state index in [2.05, 4.69) is 0 Å². The zero-order valence-corrected chi connectivity index (χ0v) is 14.7. The summed E-state index contributed by atoms with van der Waals surface area (Å²) >= 11 is 0. The van der Waals surface area contributed by atoms with E-state index in [1.165, 1.54) is 0 Å². The average molecular weight is 359 g/mol. The topological polar surface area (TPSA) is 59.8 Å². The number of anilines is 1. The Morgan fingerprint density at radius 2 is 1.81 bits per heavy atom. The van der Waals surface area contributed by atoms with E-state index >= 15 is 0 Å². The van der Waals surface area contributed by atoms with Crippen molar-refractivity contribution in [2.45, 2.75) is 6.54 Å². The SMILES string of the molecule is COc1ccc(/C=C2\C(=O)N(Cc3ccc(C=O)o3)c3ccccc32)cc1. The zero-order valence-electron chi connectivity index (χ0n) is 14.7. The molecule has 0 saturated carbocycles. The van der Waals surface area contributed by atoms with Gasteiger partial charge in [-0.1, -0.05) is 30.3 Å². The number of ether oxygens (including phenoxy) is 1. The van der Waals surface area contributed by atoms with Crippen LogP contribution in [-0.2, 0) is 11.3 Å². The highest BCUT2D eigenvalue weighted by Gasteiger charge is 2.32. The van der Waals surface area contributed by atoms with Crippen LogP contribution in [0.2, 0.25) is 0 Å². The van der Waals surface area contributed by atoms with Crippen molar-refractivity contribution in [1.82, 2.24) is 0 Å². The summed E-state index contributed by atoms with van der Waals surface area (Å²) in [4.78, 5) is 25.6. The Kier molecular flexibility index (Phi) is 4.34. The molecule has 134 valence electrons. The van der Waals surface area contributed by atoms with Crippen LogP contribution in [0.4, 0.5) is 5.69 Å². The molecular formula is C22H17NO4. The Morgan fingerprint density at radius 1 is 1.04 bits per heavy atom. The largest absolute Gasteiger partial charge is 0.497 e. The number of methoxy groups -OCH3 is 1. The number of furan rings is 1. The number of carbonyl (C=O) groups is 2. The lowest BCUT2D eigenvalue weighted by Gasteiger charge is -2.15. The van der Waals surface area contributed by atoms with Crippen molar-refractivity contribution in [2.24, 2.45) is 0 Å². The maximum absolute atomic E-state index is 13.1. The standard InChI is InChI=1S/C22H17NO4/c1-26-16-8-6-15(7-9-16)12-20-19-4-2-3-5-21(19)23(22(20)25)13-17-10-11-18(14-24)27-17/h2-12,14H,13H2,1H3/b20-12-. The Hall–Kier alpha value is -3.60. The van der Waals surface area contributed by atoms with Gasteiger partial charge in [0.25, 0.3) is 5.91 Å². The van der Waals surface area contributed by atoms with Gasteiger partial charge in [0.1, 0.15) is 11.5 Å². The minimum atomic E-state index is -0.101. The van der Waals surface area contributed by atoms with E-state index in [-0.39, 0.29) is 18.2 Å². The van der Waals surface area contributed by atoms with Gasteiger partial charge in [-0.05, 0) is 42.0 Å². The van der Waals surface area contributed by atoms with E-state index in [0.29, 0.717) is 17.6 Å². The van der Waals surface area contributed by atoms with Gasteiger partial charge in [0.15, 0.2) is 12.0 Å². The second kappa shape index (κ2) is 6.96. The number of benzene rings is 2. The number of hydrogen-bond acceptors (Lipinski definition) is 4. The molecule has 5 heteroatoms. The summed E-state index contributed by atoms with van der Waals surface area (Å²) in [6.45, 7) is 0.267. The maximum atomic E-state index is 13.1. The van der Waals surface area contributed by atoms with Crippen molar-refractivity contribution in [1.29, 1.82) is 0 Å². The van der Waals surface area contributed by atoms with Crippen LogP contribution >= 0.6 is 0 Å². The van der Waals surface area contributed by atoms with Crippen LogP contribution < -0.4 is 9.64 Å². The zero-order chi connectivity index (χ0) is 18.8. The Bertz CT molecular complexity index is 1030. The van der Waals surface area contributed by atoms with Crippen molar-refractivity contribution < 1.29 is 18.7 Å². The molecular weight excluding hydrogens is 342 g/mol. The third kappa shape index (κ3) is 3.15. The molecule has 1 aliphatic rings. The van der Waals surface area contributed by atoms with Crippen LogP contribution in [0, 0.1) is 0 Å². The number of hydrogen-bond donors (Lipinski definition) is 0. The molecule has 5 nitrogen and oxygen atoms in total. The minimum Gasteiger partial charge on any atom is -0.497 e. The van der Waals surface area contributed by atoms with Crippen LogP contribution in [0.25, 0.3) is 11.6 Å². The first-order chi connectivity index (χ1) is 13.2. The summed E-state index contributed by atoms with van der Waals surface area (Å²) in [6, 6.07) is 18.5. The van der Waals surface area contributed by atoms with E-state index in [9.17, 15) is 9.59 Å². The Labute approximate surface area is 156 Å². The third-order valence-electron chi connectivity index (χ3n) is 4.50. The Balaban J connectivity index is 1.70. The molecule has 0 fully saturated rings. The molecule has 27 heavy (non-hydrogen) atoms. The highest BCUT2D eigenvalue weighted by Crippen LogP contribution is 2.38. The van der Waals surface area contributed by atoms with Crippen LogP contribution in [0.15, 0.2) is 65.1 Å². The van der Waals surface area contributed by atoms with Gasteiger partial charge in [-0.25, -0.2) is 0 Å². The average Bonchev–Trinajstić information content (AvgIpc) is 3.27. The number of fused-ring (bicyclic) bond motifs is 1. The van der Waals surface area contributed by atoms with Gasteiger partial charge < -0.3 is 14.1 Å². The number of carbonyl (C=O) groups excluding carboxylic acids is 2. The molecule has 0 bridgehead atoms. The highest BCUT2D eigenvalue weighted by molar-refractivity contribution is 6.35. The fraction of sp³-hybridized carbons (Fsp3) is 0.0909. The minimum absolute atomic E-state index is 0.101. The summed E-state index contributed by atoms with van der Waals surface area (Å²) in [5, 5.41) is 0. The fourth-order valence-corrected chi connectivity index (χ4v) is 3.17. The molecule has 0 spiro atoms. The molecule has 0 saturated heterocycles. The van der Waals surface area contributed by atoms with E-state index < -0.39 is 0 Å². The molecule has 2 heterocycles. The molecule has 0 N–H and O–H groups in total. The summed E-state index contributed by atoms with van der Waals surface area (Å²) in [6.07, 6.45) is 2.53. The molecule has 0 radical (unpaired) electrons. The number of aldehydes is 1. The number of amides is 1. The van der Waals surface area contributed by atoms with Crippen molar-refractivity contribution in [2.75, 3.05) is 12.0 Å². The summed E-state index contributed by atoms with van der Waals surface area (Å²) in [5.74, 6) is 1.47. The second-order valence-electron chi connectivity index (χ2n) is 6.16. The predicted molar refractivity (Wildman–Crippen MR) is 103 cm³/mol. The number of para-hydroxylation sites is 1. The fourth-order valence-electron chi connectivity index (χ4n) is 3.17. The normalized spacial score (nSPS) is 14.5. The van der Waals surface area contributed by atoms with E-state index in [1.807, 2.05) is 54.6 Å². The number of rotatable bonds is 5. The summed E-state index contributed by atoms with van der Waals surface area (Å²) in [7, 11) is 1.62. The Morgan fingerprint density at radius 3 is 2.52 bits per heavy atom. The van der Waals surface area contributed by atoms with E-state index in [4.69, 9.17) is 9.15 Å². The van der Waals surface area contributed by atoms with Crippen molar-refractivity contribution in [3.8, 4) is 5.75 Å². The molecule has 1 amide bonds. The van der Waals surface area contributed by atoms with Gasteiger partial charge in [0.2, 0.25) is 0 Å². The summed E-state index contributed by atoms with van der Waals surface area (Å²) in [5.41, 5.74) is 3.24. The highest BCUT2D eigenvalue weighted by atomic mass is 16.5. The lowest BCUT2D eigenvalue weighted by molar-refractivity contribution is -0.113. The van der Waals surface area contributed by atoms with Crippen LogP contribution in [0.3, 0.4) is 0 Å². The second-order valence-corrected chi connectivity index (χ2v) is 6.16. The van der Waals surface area contributed by atoms with Crippen LogP contribution in [-0.4, -0.2) is 19.3 Å². The van der Waals surface area contributed by atoms with E-state index in [0.717, 1.165) is 22.6 Å². The molecule has 1 aromatic heterocycles. The lowest BCUT2D eigenvalue weighted by atomic mass is 10.0. The van der Waals surface area contributed by atoms with Crippen molar-refractivity contribution in [3.63, 3.8) is 0 Å². The van der Waals surface area contributed by atoms with Crippen molar-refractivity contribution in [3.05, 3.63) is 83.3 Å². The van der Waals surface area contributed by atoms with Gasteiger partial charge in [0, 0.05) is 11.1 Å². The molecule has 0 unspecified atom stereocenters. The van der Waals surface area contributed by atoms with E-state index in [1.54, 1.807) is 24.1 Å². The maximum Gasteiger partial charge on any atom is 0.259 e. The summed E-state index contributed by atoms with van der Waals surface area (Å²) < 4.78 is 10.6. The van der Waals surface area contributed by atoms with Crippen molar-refractivity contribution >= 4 is 29.5 Å². The van der Waals surface area contributed by atoms with Crippen LogP contribution in [0.1, 0.15) is 27.4 Å². The molecule has 1 aliphatic heterocycles. The quantitative estimate of drug-likeness (QED) is 0.506. The van der Waals surface area contributed by atoms with Crippen LogP contribution in [0.5, 0.6) is 5.75 Å². The first-order valence-corrected chi connectivity index (χ1v) is 8.50. The monoisotopic (exact) mass is 359 g/mol. The first kappa shape index (κ1) is 16.8. The smallest absolute Gasteiger partial charge is 0.259 e. The van der Waals surface area contributed by atoms with Gasteiger partial charge in [-0.3, -0.25) is 9.59 Å². The molecule has 4 rings (SSSR count).